The quantitative estimate of drug-likeness (QED) is 0.594. The molecule has 0 saturated heterocycles. The molecular weight excluding hydrogens is 324 g/mol. The molecule has 7 heteroatoms. The number of carbonyl (C=O) groups is 1. The summed E-state index contributed by atoms with van der Waals surface area (Å²) in [6.07, 6.45) is 0.890. The molecule has 6 nitrogen and oxygen atoms in total. The van der Waals surface area contributed by atoms with E-state index in [1.54, 1.807) is 4.57 Å². The Balaban J connectivity index is 2.30. The van der Waals surface area contributed by atoms with E-state index in [1.807, 2.05) is 26.8 Å². The van der Waals surface area contributed by atoms with E-state index < -0.39 is 0 Å². The Labute approximate surface area is 146 Å². The summed E-state index contributed by atoms with van der Waals surface area (Å²) >= 11 is 1.31. The highest BCUT2D eigenvalue weighted by atomic mass is 32.2. The first kappa shape index (κ1) is 18.6. The summed E-state index contributed by atoms with van der Waals surface area (Å²) in [7, 11) is 0. The van der Waals surface area contributed by atoms with Gasteiger partial charge in [0.05, 0.1) is 11.3 Å². The number of nitrogens with zero attached hydrogens (tertiary/aromatic N) is 2. The van der Waals surface area contributed by atoms with E-state index in [-0.39, 0.29) is 23.3 Å². The van der Waals surface area contributed by atoms with Crippen LogP contribution in [0.4, 0.5) is 0 Å². The normalized spacial score (nSPS) is 12.8. The van der Waals surface area contributed by atoms with Crippen molar-refractivity contribution >= 4 is 28.7 Å². The maximum absolute atomic E-state index is 12.7. The van der Waals surface area contributed by atoms with E-state index in [0.29, 0.717) is 28.7 Å². The number of amides is 1. The largest absolute Gasteiger partial charge is 0.353 e. The molecule has 0 saturated carbocycles. The summed E-state index contributed by atoms with van der Waals surface area (Å²) in [5, 5.41) is 3.53. The fraction of sp³-hybridized carbons (Fsp3) is 0.588. The van der Waals surface area contributed by atoms with E-state index in [9.17, 15) is 9.59 Å². The number of aromatic amines is 1. The number of thioether (sulfide) groups is 1. The van der Waals surface area contributed by atoms with Crippen LogP contribution in [0.1, 0.15) is 39.8 Å². The summed E-state index contributed by atoms with van der Waals surface area (Å²) in [5.41, 5.74) is 2.01. The van der Waals surface area contributed by atoms with E-state index in [4.69, 9.17) is 0 Å². The minimum absolute atomic E-state index is 0.0370. The van der Waals surface area contributed by atoms with Gasteiger partial charge < -0.3 is 10.3 Å². The number of carbonyl (C=O) groups excluding carboxylic acids is 1. The molecule has 132 valence electrons. The lowest BCUT2D eigenvalue weighted by molar-refractivity contribution is -0.119. The van der Waals surface area contributed by atoms with Gasteiger partial charge in [0.15, 0.2) is 5.16 Å². The lowest BCUT2D eigenvalue weighted by Gasteiger charge is -2.15. The fourth-order valence-electron chi connectivity index (χ4n) is 2.40. The van der Waals surface area contributed by atoms with Crippen LogP contribution in [0.25, 0.3) is 11.0 Å². The molecule has 2 N–H and O–H groups in total. The first-order chi connectivity index (χ1) is 11.3. The van der Waals surface area contributed by atoms with Crippen LogP contribution in [0, 0.1) is 12.8 Å². The summed E-state index contributed by atoms with van der Waals surface area (Å²) in [6.45, 7) is 10.6. The first-order valence-corrected chi connectivity index (χ1v) is 9.32. The molecule has 2 aromatic heterocycles. The Morgan fingerprint density at radius 3 is 2.75 bits per heavy atom. The van der Waals surface area contributed by atoms with E-state index in [1.165, 1.54) is 11.8 Å². The molecule has 0 radical (unpaired) electrons. The van der Waals surface area contributed by atoms with E-state index in [0.717, 1.165) is 12.1 Å². The highest BCUT2D eigenvalue weighted by molar-refractivity contribution is 7.99. The van der Waals surface area contributed by atoms with Crippen molar-refractivity contribution in [3.05, 3.63) is 22.1 Å². The van der Waals surface area contributed by atoms with Gasteiger partial charge in [-0.3, -0.25) is 14.2 Å². The predicted molar refractivity (Wildman–Crippen MR) is 98.5 cm³/mol. The maximum Gasteiger partial charge on any atom is 0.278 e. The average molecular weight is 350 g/mol. The fourth-order valence-corrected chi connectivity index (χ4v) is 3.22. The zero-order valence-corrected chi connectivity index (χ0v) is 15.8. The number of H-pyrrole nitrogens is 1. The van der Waals surface area contributed by atoms with Gasteiger partial charge in [-0.2, -0.15) is 0 Å². The van der Waals surface area contributed by atoms with Crippen LogP contribution >= 0.6 is 11.8 Å². The zero-order chi connectivity index (χ0) is 17.9. The molecule has 0 aromatic carbocycles. The van der Waals surface area contributed by atoms with Gasteiger partial charge in [-0.1, -0.05) is 32.5 Å². The summed E-state index contributed by atoms with van der Waals surface area (Å²) in [5.74, 6) is 0.528. The molecule has 0 bridgehead atoms. The monoisotopic (exact) mass is 350 g/mol. The van der Waals surface area contributed by atoms with Gasteiger partial charge in [0, 0.05) is 18.3 Å². The van der Waals surface area contributed by atoms with Crippen molar-refractivity contribution in [1.29, 1.82) is 0 Å². The van der Waals surface area contributed by atoms with Gasteiger partial charge in [0.1, 0.15) is 5.52 Å². The van der Waals surface area contributed by atoms with Crippen LogP contribution < -0.4 is 10.9 Å². The van der Waals surface area contributed by atoms with Gasteiger partial charge in [-0.05, 0) is 32.3 Å². The SMILES string of the molecule is CC[C@H](C)NC(=O)CSc1nc2cc(C)[nH]c2c(=O)n1CC(C)C. The van der Waals surface area contributed by atoms with Crippen molar-refractivity contribution in [3.8, 4) is 0 Å². The molecule has 2 rings (SSSR count). The molecule has 1 amide bonds. The third-order valence-electron chi connectivity index (χ3n) is 3.74. The van der Waals surface area contributed by atoms with Crippen molar-refractivity contribution in [1.82, 2.24) is 19.9 Å². The Morgan fingerprint density at radius 2 is 2.12 bits per heavy atom. The molecule has 1 atom stereocenters. The smallest absolute Gasteiger partial charge is 0.278 e. The van der Waals surface area contributed by atoms with Gasteiger partial charge in [0.2, 0.25) is 5.91 Å². The number of hydrogen-bond acceptors (Lipinski definition) is 4. The summed E-state index contributed by atoms with van der Waals surface area (Å²) in [4.78, 5) is 32.4. The Morgan fingerprint density at radius 1 is 1.42 bits per heavy atom. The van der Waals surface area contributed by atoms with Crippen molar-refractivity contribution in [3.63, 3.8) is 0 Å². The van der Waals surface area contributed by atoms with E-state index in [2.05, 4.69) is 29.1 Å². The Bertz CT molecular complexity index is 779. The van der Waals surface area contributed by atoms with Crippen LogP contribution in [0.2, 0.25) is 0 Å². The molecule has 0 unspecified atom stereocenters. The van der Waals surface area contributed by atoms with Crippen molar-refractivity contribution in [2.75, 3.05) is 5.75 Å². The Hall–Kier alpha value is -1.76. The summed E-state index contributed by atoms with van der Waals surface area (Å²) < 4.78 is 1.67. The molecule has 2 heterocycles. The van der Waals surface area contributed by atoms with Gasteiger partial charge in [0.25, 0.3) is 5.56 Å². The molecular formula is C17H26N4O2S. The van der Waals surface area contributed by atoms with Crippen molar-refractivity contribution in [2.45, 2.75) is 58.8 Å². The van der Waals surface area contributed by atoms with E-state index >= 15 is 0 Å². The lowest BCUT2D eigenvalue weighted by Crippen LogP contribution is -2.33. The molecule has 0 aliphatic carbocycles. The second-order valence-electron chi connectivity index (χ2n) is 6.58. The maximum atomic E-state index is 12.7. The number of rotatable bonds is 7. The predicted octanol–water partition coefficient (Wildman–Crippen LogP) is 2.70. The topological polar surface area (TPSA) is 79.8 Å². The van der Waals surface area contributed by atoms with Crippen molar-refractivity contribution in [2.24, 2.45) is 5.92 Å². The standard InChI is InChI=1S/C17H26N4O2S/c1-6-11(4)18-14(22)9-24-17-20-13-7-12(5)19-15(13)16(23)21(17)8-10(2)3/h7,10-11,19H,6,8-9H2,1-5H3,(H,18,22)/t11-/m0/s1. The highest BCUT2D eigenvalue weighted by Crippen LogP contribution is 2.19. The second kappa shape index (κ2) is 7.88. The third kappa shape index (κ3) is 4.41. The van der Waals surface area contributed by atoms with Crippen LogP contribution in [0.15, 0.2) is 16.0 Å². The molecule has 0 spiro atoms. The van der Waals surface area contributed by atoms with Gasteiger partial charge in [-0.15, -0.1) is 0 Å². The molecule has 0 fully saturated rings. The molecule has 2 aromatic rings. The van der Waals surface area contributed by atoms with Crippen molar-refractivity contribution < 1.29 is 4.79 Å². The summed E-state index contributed by atoms with van der Waals surface area (Å²) in [6, 6.07) is 2.01. The number of hydrogen-bond donors (Lipinski definition) is 2. The second-order valence-corrected chi connectivity index (χ2v) is 7.52. The van der Waals surface area contributed by atoms with Gasteiger partial charge in [-0.25, -0.2) is 4.98 Å². The minimum atomic E-state index is -0.0772. The van der Waals surface area contributed by atoms with Gasteiger partial charge >= 0.3 is 0 Å². The average Bonchev–Trinajstić information content (AvgIpc) is 2.88. The number of aryl methyl sites for hydroxylation is 1. The minimum Gasteiger partial charge on any atom is -0.353 e. The van der Waals surface area contributed by atoms with Crippen LogP contribution in [0.3, 0.4) is 0 Å². The molecule has 0 aliphatic heterocycles. The zero-order valence-electron chi connectivity index (χ0n) is 15.0. The molecule has 0 aliphatic rings. The van der Waals surface area contributed by atoms with Crippen LogP contribution in [-0.2, 0) is 11.3 Å². The first-order valence-electron chi connectivity index (χ1n) is 8.34. The number of nitrogens with one attached hydrogen (secondary N) is 2. The Kier molecular flexibility index (Phi) is 6.10. The highest BCUT2D eigenvalue weighted by Gasteiger charge is 2.16. The third-order valence-corrected chi connectivity index (χ3v) is 4.71. The number of fused-ring (bicyclic) bond motifs is 1. The van der Waals surface area contributed by atoms with Crippen LogP contribution in [0.5, 0.6) is 0 Å². The number of aromatic nitrogens is 3. The molecule has 24 heavy (non-hydrogen) atoms. The van der Waals surface area contributed by atoms with Crippen LogP contribution in [-0.4, -0.2) is 32.2 Å². The lowest BCUT2D eigenvalue weighted by atomic mass is 10.2.